The number of hydrogen-bond donors (Lipinski definition) is 2. The van der Waals surface area contributed by atoms with Crippen molar-refractivity contribution in [2.75, 3.05) is 24.3 Å². The summed E-state index contributed by atoms with van der Waals surface area (Å²) in [5.41, 5.74) is 4.62. The van der Waals surface area contributed by atoms with Gasteiger partial charge in [0, 0.05) is 44.0 Å². The van der Waals surface area contributed by atoms with Crippen molar-refractivity contribution in [3.05, 3.63) is 59.2 Å². The number of fused-ring (bicyclic) bond motifs is 1. The van der Waals surface area contributed by atoms with E-state index < -0.39 is 0 Å². The lowest BCUT2D eigenvalue weighted by molar-refractivity contribution is -0.116. The molecule has 0 bridgehead atoms. The van der Waals surface area contributed by atoms with Crippen molar-refractivity contribution >= 4 is 23.2 Å². The van der Waals surface area contributed by atoms with Crippen molar-refractivity contribution in [3.8, 4) is 0 Å². The van der Waals surface area contributed by atoms with Gasteiger partial charge >= 0.3 is 0 Å². The maximum atomic E-state index is 12.3. The molecule has 124 valence electrons. The van der Waals surface area contributed by atoms with Gasteiger partial charge in [0.2, 0.25) is 5.91 Å². The average Bonchev–Trinajstić information content (AvgIpc) is 2.59. The first-order valence-corrected chi connectivity index (χ1v) is 8.00. The Morgan fingerprint density at radius 3 is 2.58 bits per heavy atom. The predicted octanol–water partition coefficient (Wildman–Crippen LogP) is 2.57. The first kappa shape index (κ1) is 16.1. The number of amides is 2. The molecule has 2 aromatic rings. The minimum Gasteiger partial charge on any atom is -0.378 e. The van der Waals surface area contributed by atoms with Crippen LogP contribution >= 0.6 is 0 Å². The van der Waals surface area contributed by atoms with Gasteiger partial charge in [-0.2, -0.15) is 0 Å². The largest absolute Gasteiger partial charge is 0.378 e. The smallest absolute Gasteiger partial charge is 0.251 e. The molecule has 0 atom stereocenters. The quantitative estimate of drug-likeness (QED) is 0.909. The summed E-state index contributed by atoms with van der Waals surface area (Å²) in [4.78, 5) is 25.7. The number of carbonyl (C=O) groups excluding carboxylic acids is 2. The summed E-state index contributed by atoms with van der Waals surface area (Å²) in [6, 6.07) is 13.5. The van der Waals surface area contributed by atoms with Crippen molar-refractivity contribution in [2.24, 2.45) is 0 Å². The van der Waals surface area contributed by atoms with Crippen LogP contribution in [0.1, 0.15) is 27.9 Å². The number of rotatable bonds is 4. The number of benzene rings is 2. The molecule has 2 N–H and O–H groups in total. The van der Waals surface area contributed by atoms with Crippen LogP contribution in [0.2, 0.25) is 0 Å². The van der Waals surface area contributed by atoms with Crippen LogP contribution < -0.4 is 15.5 Å². The summed E-state index contributed by atoms with van der Waals surface area (Å²) in [5.74, 6) is -0.0766. The zero-order valence-corrected chi connectivity index (χ0v) is 13.9. The molecular formula is C19H21N3O2. The summed E-state index contributed by atoms with van der Waals surface area (Å²) in [6.45, 7) is 0.486. The zero-order valence-electron chi connectivity index (χ0n) is 13.9. The van der Waals surface area contributed by atoms with Gasteiger partial charge in [-0.3, -0.25) is 9.59 Å². The lowest BCUT2D eigenvalue weighted by Gasteiger charge is -2.17. The number of carbonyl (C=O) groups is 2. The highest BCUT2D eigenvalue weighted by Crippen LogP contribution is 2.23. The van der Waals surface area contributed by atoms with E-state index in [1.165, 1.54) is 0 Å². The molecule has 0 saturated carbocycles. The molecule has 3 rings (SSSR count). The highest BCUT2D eigenvalue weighted by Gasteiger charge is 2.16. The Labute approximate surface area is 141 Å². The Morgan fingerprint density at radius 2 is 1.88 bits per heavy atom. The van der Waals surface area contributed by atoms with Gasteiger partial charge in [-0.25, -0.2) is 0 Å². The van der Waals surface area contributed by atoms with Crippen LogP contribution in [0.4, 0.5) is 11.4 Å². The van der Waals surface area contributed by atoms with Gasteiger partial charge < -0.3 is 15.5 Å². The van der Waals surface area contributed by atoms with Gasteiger partial charge in [-0.05, 0) is 47.9 Å². The maximum absolute atomic E-state index is 12.3. The Kier molecular flexibility index (Phi) is 4.51. The second-order valence-corrected chi connectivity index (χ2v) is 6.16. The fourth-order valence-electron chi connectivity index (χ4n) is 2.72. The molecule has 0 fully saturated rings. The Bertz CT molecular complexity index is 767. The van der Waals surface area contributed by atoms with Crippen LogP contribution in [0, 0.1) is 0 Å². The Hall–Kier alpha value is -2.82. The summed E-state index contributed by atoms with van der Waals surface area (Å²) in [5, 5.41) is 5.76. The van der Waals surface area contributed by atoms with Gasteiger partial charge in [0.1, 0.15) is 0 Å². The van der Waals surface area contributed by atoms with Crippen molar-refractivity contribution in [1.29, 1.82) is 0 Å². The molecule has 0 spiro atoms. The highest BCUT2D eigenvalue weighted by molar-refractivity contribution is 5.97. The molecule has 2 amide bonds. The summed E-state index contributed by atoms with van der Waals surface area (Å²) < 4.78 is 0. The van der Waals surface area contributed by atoms with Gasteiger partial charge in [-0.15, -0.1) is 0 Å². The fraction of sp³-hybridized carbons (Fsp3) is 0.263. The van der Waals surface area contributed by atoms with Gasteiger partial charge in [0.15, 0.2) is 0 Å². The fourth-order valence-corrected chi connectivity index (χ4v) is 2.72. The highest BCUT2D eigenvalue weighted by atomic mass is 16.2. The molecule has 0 radical (unpaired) electrons. The molecule has 5 heteroatoms. The molecule has 5 nitrogen and oxygen atoms in total. The Balaban J connectivity index is 1.64. The summed E-state index contributed by atoms with van der Waals surface area (Å²) >= 11 is 0. The second-order valence-electron chi connectivity index (χ2n) is 6.16. The maximum Gasteiger partial charge on any atom is 0.251 e. The van der Waals surface area contributed by atoms with E-state index in [4.69, 9.17) is 0 Å². The molecule has 24 heavy (non-hydrogen) atoms. The molecule has 0 aliphatic carbocycles. The summed E-state index contributed by atoms with van der Waals surface area (Å²) in [6.07, 6.45) is 1.14. The molecule has 0 saturated heterocycles. The van der Waals surface area contributed by atoms with Gasteiger partial charge in [0.25, 0.3) is 5.91 Å². The Morgan fingerprint density at radius 1 is 1.12 bits per heavy atom. The van der Waals surface area contributed by atoms with Crippen LogP contribution in [0.3, 0.4) is 0 Å². The van der Waals surface area contributed by atoms with E-state index >= 15 is 0 Å². The molecule has 0 unspecified atom stereocenters. The normalized spacial score (nSPS) is 13.0. The van der Waals surface area contributed by atoms with E-state index in [2.05, 4.69) is 10.6 Å². The number of aryl methyl sites for hydroxylation is 1. The van der Waals surface area contributed by atoms with Gasteiger partial charge in [0.05, 0.1) is 0 Å². The van der Waals surface area contributed by atoms with E-state index in [1.54, 1.807) is 12.1 Å². The second kappa shape index (κ2) is 6.74. The topological polar surface area (TPSA) is 61.4 Å². The molecule has 2 aromatic carbocycles. The SMILES string of the molecule is CN(C)c1ccc(CNC(=O)c2ccc3c(c2)CCC(=O)N3)cc1. The van der Waals surface area contributed by atoms with Crippen molar-refractivity contribution < 1.29 is 9.59 Å². The predicted molar refractivity (Wildman–Crippen MR) is 95.3 cm³/mol. The number of nitrogens with zero attached hydrogens (tertiary/aromatic N) is 1. The van der Waals surface area contributed by atoms with Gasteiger partial charge in [-0.1, -0.05) is 12.1 Å². The third-order valence-electron chi connectivity index (χ3n) is 4.17. The molecule has 1 aliphatic rings. The van der Waals surface area contributed by atoms with Crippen LogP contribution in [0.5, 0.6) is 0 Å². The van der Waals surface area contributed by atoms with E-state index in [-0.39, 0.29) is 11.8 Å². The van der Waals surface area contributed by atoms with Crippen LogP contribution in [-0.4, -0.2) is 25.9 Å². The minimum atomic E-state index is -0.105. The standard InChI is InChI=1S/C19H21N3O2/c1-22(2)16-7-3-13(4-8-16)12-20-19(24)15-5-9-17-14(11-15)6-10-18(23)21-17/h3-5,7-9,11H,6,10,12H2,1-2H3,(H,20,24)(H,21,23). The van der Waals surface area contributed by atoms with Crippen molar-refractivity contribution in [2.45, 2.75) is 19.4 Å². The third kappa shape index (κ3) is 3.56. The lowest BCUT2D eigenvalue weighted by Crippen LogP contribution is -2.24. The number of nitrogens with one attached hydrogen (secondary N) is 2. The molecule has 1 aliphatic heterocycles. The minimum absolute atomic E-state index is 0.0286. The number of hydrogen-bond acceptors (Lipinski definition) is 3. The first-order valence-electron chi connectivity index (χ1n) is 8.00. The van der Waals surface area contributed by atoms with E-state index in [0.29, 0.717) is 24.9 Å². The van der Waals surface area contributed by atoms with E-state index in [0.717, 1.165) is 22.5 Å². The van der Waals surface area contributed by atoms with Crippen molar-refractivity contribution in [1.82, 2.24) is 5.32 Å². The van der Waals surface area contributed by atoms with E-state index in [1.807, 2.05) is 49.3 Å². The van der Waals surface area contributed by atoms with Crippen LogP contribution in [0.15, 0.2) is 42.5 Å². The van der Waals surface area contributed by atoms with Crippen LogP contribution in [-0.2, 0) is 17.8 Å². The molecule has 0 aromatic heterocycles. The monoisotopic (exact) mass is 323 g/mol. The van der Waals surface area contributed by atoms with E-state index in [9.17, 15) is 9.59 Å². The molecule has 1 heterocycles. The lowest BCUT2D eigenvalue weighted by atomic mass is 10.00. The van der Waals surface area contributed by atoms with Crippen LogP contribution in [0.25, 0.3) is 0 Å². The summed E-state index contributed by atoms with van der Waals surface area (Å²) in [7, 11) is 3.99. The zero-order chi connectivity index (χ0) is 17.1. The number of anilines is 2. The average molecular weight is 323 g/mol. The third-order valence-corrected chi connectivity index (χ3v) is 4.17. The van der Waals surface area contributed by atoms with Crippen molar-refractivity contribution in [3.63, 3.8) is 0 Å². The molecular weight excluding hydrogens is 302 g/mol. The first-order chi connectivity index (χ1) is 11.5.